The van der Waals surface area contributed by atoms with Gasteiger partial charge < -0.3 is 14.2 Å². The molecular weight excluding hydrogens is 320 g/mol. The quantitative estimate of drug-likeness (QED) is 0.570. The van der Waals surface area contributed by atoms with Gasteiger partial charge in [0, 0.05) is 5.56 Å². The van der Waals surface area contributed by atoms with Crippen LogP contribution in [-0.4, -0.2) is 32.1 Å². The molecule has 5 nitrogen and oxygen atoms in total. The molecule has 0 bridgehead atoms. The number of ketones is 1. The van der Waals surface area contributed by atoms with Gasteiger partial charge in [-0.2, -0.15) is 0 Å². The number of carbonyl (C=O) groups excluding carboxylic acids is 2. The zero-order valence-corrected chi connectivity index (χ0v) is 14.9. The van der Waals surface area contributed by atoms with E-state index in [1.54, 1.807) is 31.4 Å². The first kappa shape index (κ1) is 18.5. The molecule has 25 heavy (non-hydrogen) atoms. The van der Waals surface area contributed by atoms with Crippen LogP contribution in [0.15, 0.2) is 36.4 Å². The van der Waals surface area contributed by atoms with Gasteiger partial charge in [-0.25, -0.2) is 4.79 Å². The third-order valence-electron chi connectivity index (χ3n) is 3.74. The molecule has 0 saturated carbocycles. The summed E-state index contributed by atoms with van der Waals surface area (Å²) < 4.78 is 15.4. The Morgan fingerprint density at radius 3 is 2.00 bits per heavy atom. The highest BCUT2D eigenvalue weighted by Crippen LogP contribution is 2.18. The smallest absolute Gasteiger partial charge is 0.344 e. The van der Waals surface area contributed by atoms with E-state index < -0.39 is 5.97 Å². The third kappa shape index (κ3) is 5.08. The number of esters is 1. The molecule has 0 aliphatic rings. The molecule has 0 amide bonds. The largest absolute Gasteiger partial charge is 0.497 e. The first-order valence-corrected chi connectivity index (χ1v) is 7.94. The molecule has 0 N–H and O–H groups in total. The van der Waals surface area contributed by atoms with Crippen molar-refractivity contribution in [2.45, 2.75) is 20.8 Å². The number of benzene rings is 2. The van der Waals surface area contributed by atoms with Gasteiger partial charge >= 0.3 is 5.97 Å². The molecule has 0 fully saturated rings. The highest BCUT2D eigenvalue weighted by Gasteiger charge is 2.15. The minimum atomic E-state index is -0.591. The standard InChI is InChI=1S/C20H22O5/c1-13-9-14(2)20(15(3)10-13)18(21)11-25-19(22)12-24-17-7-5-16(23-4)6-8-17/h5-10H,11-12H2,1-4H3. The predicted octanol–water partition coefficient (Wildman–Crippen LogP) is 3.43. The Kier molecular flexibility index (Phi) is 6.17. The molecule has 5 heteroatoms. The Morgan fingerprint density at radius 2 is 1.44 bits per heavy atom. The number of ether oxygens (including phenoxy) is 3. The van der Waals surface area contributed by atoms with Gasteiger partial charge in [-0.3, -0.25) is 4.79 Å². The van der Waals surface area contributed by atoms with E-state index in [-0.39, 0.29) is 19.0 Å². The van der Waals surface area contributed by atoms with Crippen molar-refractivity contribution in [3.63, 3.8) is 0 Å². The average molecular weight is 342 g/mol. The van der Waals surface area contributed by atoms with Crippen molar-refractivity contribution in [1.82, 2.24) is 0 Å². The fraction of sp³-hybridized carbons (Fsp3) is 0.300. The van der Waals surface area contributed by atoms with Crippen molar-refractivity contribution in [3.8, 4) is 11.5 Å². The Morgan fingerprint density at radius 1 is 0.880 bits per heavy atom. The summed E-state index contributed by atoms with van der Waals surface area (Å²) in [4.78, 5) is 24.1. The monoisotopic (exact) mass is 342 g/mol. The summed E-state index contributed by atoms with van der Waals surface area (Å²) in [7, 11) is 1.57. The fourth-order valence-corrected chi connectivity index (χ4v) is 2.69. The molecule has 0 spiro atoms. The van der Waals surface area contributed by atoms with Crippen molar-refractivity contribution in [3.05, 3.63) is 58.7 Å². The van der Waals surface area contributed by atoms with E-state index in [4.69, 9.17) is 14.2 Å². The Labute approximate surface area is 147 Å². The van der Waals surface area contributed by atoms with Crippen LogP contribution in [0.4, 0.5) is 0 Å². The molecule has 2 aromatic rings. The maximum atomic E-state index is 12.3. The Hall–Kier alpha value is -2.82. The molecule has 2 aromatic carbocycles. The summed E-state index contributed by atoms with van der Waals surface area (Å²) in [6.45, 7) is 5.18. The fourth-order valence-electron chi connectivity index (χ4n) is 2.69. The number of rotatable bonds is 7. The van der Waals surface area contributed by atoms with Crippen LogP contribution < -0.4 is 9.47 Å². The van der Waals surface area contributed by atoms with Crippen LogP contribution in [0.5, 0.6) is 11.5 Å². The summed E-state index contributed by atoms with van der Waals surface area (Å²) in [6, 6.07) is 10.7. The van der Waals surface area contributed by atoms with Gasteiger partial charge in [-0.1, -0.05) is 17.7 Å². The van der Waals surface area contributed by atoms with Crippen LogP contribution in [0.3, 0.4) is 0 Å². The second-order valence-electron chi connectivity index (χ2n) is 5.82. The maximum Gasteiger partial charge on any atom is 0.344 e. The van der Waals surface area contributed by atoms with Crippen molar-refractivity contribution in [2.75, 3.05) is 20.3 Å². The number of hydrogen-bond acceptors (Lipinski definition) is 5. The molecule has 0 aliphatic carbocycles. The van der Waals surface area contributed by atoms with Gasteiger partial charge in [-0.05, 0) is 56.2 Å². The van der Waals surface area contributed by atoms with E-state index in [9.17, 15) is 9.59 Å². The molecule has 0 aliphatic heterocycles. The second kappa shape index (κ2) is 8.33. The highest BCUT2D eigenvalue weighted by molar-refractivity contribution is 6.00. The van der Waals surface area contributed by atoms with E-state index in [2.05, 4.69) is 0 Å². The van der Waals surface area contributed by atoms with E-state index in [1.165, 1.54) is 0 Å². The van der Waals surface area contributed by atoms with E-state index in [0.717, 1.165) is 16.7 Å². The molecular formula is C20H22O5. The summed E-state index contributed by atoms with van der Waals surface area (Å²) >= 11 is 0. The lowest BCUT2D eigenvalue weighted by Gasteiger charge is -2.11. The number of aryl methyl sites for hydroxylation is 3. The van der Waals surface area contributed by atoms with Gasteiger partial charge in [0.2, 0.25) is 5.78 Å². The molecule has 132 valence electrons. The number of methoxy groups -OCH3 is 1. The summed E-state index contributed by atoms with van der Waals surface area (Å²) in [5, 5.41) is 0. The first-order chi connectivity index (χ1) is 11.9. The van der Waals surface area contributed by atoms with Gasteiger partial charge in [-0.15, -0.1) is 0 Å². The highest BCUT2D eigenvalue weighted by atomic mass is 16.6. The lowest BCUT2D eigenvalue weighted by molar-refractivity contribution is -0.144. The Bertz CT molecular complexity index is 739. The van der Waals surface area contributed by atoms with Crippen LogP contribution in [0.25, 0.3) is 0 Å². The normalized spacial score (nSPS) is 10.2. The van der Waals surface area contributed by atoms with Gasteiger partial charge in [0.25, 0.3) is 0 Å². The zero-order valence-electron chi connectivity index (χ0n) is 14.9. The zero-order chi connectivity index (χ0) is 18.4. The topological polar surface area (TPSA) is 61.8 Å². The minimum Gasteiger partial charge on any atom is -0.497 e. The van der Waals surface area contributed by atoms with Crippen molar-refractivity contribution >= 4 is 11.8 Å². The van der Waals surface area contributed by atoms with Crippen molar-refractivity contribution in [2.24, 2.45) is 0 Å². The third-order valence-corrected chi connectivity index (χ3v) is 3.74. The molecule has 0 unspecified atom stereocenters. The van der Waals surface area contributed by atoms with E-state index in [0.29, 0.717) is 17.1 Å². The Balaban J connectivity index is 1.86. The summed E-state index contributed by atoms with van der Waals surface area (Å²) in [5.74, 6) is 0.415. The van der Waals surface area contributed by atoms with Gasteiger partial charge in [0.15, 0.2) is 13.2 Å². The second-order valence-corrected chi connectivity index (χ2v) is 5.82. The molecule has 0 saturated heterocycles. The number of Topliss-reactive ketones (excluding diaryl/α,β-unsaturated/α-hetero) is 1. The molecule has 0 atom stereocenters. The summed E-state index contributed by atoms with van der Waals surface area (Å²) in [5.41, 5.74) is 3.46. The van der Waals surface area contributed by atoms with Crippen molar-refractivity contribution < 1.29 is 23.8 Å². The predicted molar refractivity (Wildman–Crippen MR) is 94.4 cm³/mol. The van der Waals surface area contributed by atoms with Crippen LogP contribution in [0.2, 0.25) is 0 Å². The molecule has 0 aromatic heterocycles. The van der Waals surface area contributed by atoms with Crippen LogP contribution >= 0.6 is 0 Å². The lowest BCUT2D eigenvalue weighted by Crippen LogP contribution is -2.20. The van der Waals surface area contributed by atoms with E-state index in [1.807, 2.05) is 32.9 Å². The van der Waals surface area contributed by atoms with Crippen LogP contribution in [0, 0.1) is 20.8 Å². The van der Waals surface area contributed by atoms with Gasteiger partial charge in [0.1, 0.15) is 11.5 Å². The lowest BCUT2D eigenvalue weighted by atomic mass is 9.97. The first-order valence-electron chi connectivity index (χ1n) is 7.94. The number of hydrogen-bond donors (Lipinski definition) is 0. The molecule has 0 radical (unpaired) electrons. The minimum absolute atomic E-state index is 0.215. The average Bonchev–Trinajstić information content (AvgIpc) is 2.57. The van der Waals surface area contributed by atoms with Crippen LogP contribution in [0.1, 0.15) is 27.0 Å². The van der Waals surface area contributed by atoms with E-state index >= 15 is 0 Å². The van der Waals surface area contributed by atoms with Crippen LogP contribution in [-0.2, 0) is 9.53 Å². The molecule has 2 rings (SSSR count). The van der Waals surface area contributed by atoms with Crippen molar-refractivity contribution in [1.29, 1.82) is 0 Å². The summed E-state index contributed by atoms with van der Waals surface area (Å²) in [6.07, 6.45) is 0. The SMILES string of the molecule is COc1ccc(OCC(=O)OCC(=O)c2c(C)cc(C)cc2C)cc1. The maximum absolute atomic E-state index is 12.3. The molecule has 0 heterocycles. The van der Waals surface area contributed by atoms with Gasteiger partial charge in [0.05, 0.1) is 7.11 Å². The number of carbonyl (C=O) groups is 2.